The molecule has 28 heavy (non-hydrogen) atoms. The van der Waals surface area contributed by atoms with Gasteiger partial charge in [-0.1, -0.05) is 17.4 Å². The van der Waals surface area contributed by atoms with Crippen LogP contribution in [0.5, 0.6) is 0 Å². The number of nitro benzene ring substituents is 1. The third kappa shape index (κ3) is 4.52. The van der Waals surface area contributed by atoms with Crippen LogP contribution in [0.1, 0.15) is 22.3 Å². The number of benzene rings is 2. The maximum Gasteiger partial charge on any atom is 0.269 e. The van der Waals surface area contributed by atoms with E-state index in [0.717, 1.165) is 28.7 Å². The van der Waals surface area contributed by atoms with Gasteiger partial charge in [-0.15, -0.1) is 0 Å². The van der Waals surface area contributed by atoms with Crippen LogP contribution in [-0.2, 0) is 0 Å². The SMILES string of the molecule is Cc1ccc2nc(N(CCC[NH+](C)C)C(=O)c3ccc([N+](=O)[O-])cc3)sc2c1. The van der Waals surface area contributed by atoms with Crippen molar-refractivity contribution in [3.8, 4) is 0 Å². The van der Waals surface area contributed by atoms with Crippen LogP contribution in [0.3, 0.4) is 0 Å². The minimum Gasteiger partial charge on any atom is -0.340 e. The summed E-state index contributed by atoms with van der Waals surface area (Å²) in [4.78, 5) is 31.2. The number of fused-ring (bicyclic) bond motifs is 1. The molecular formula is C20H23N4O3S+. The first-order valence-electron chi connectivity index (χ1n) is 9.07. The summed E-state index contributed by atoms with van der Waals surface area (Å²) in [5, 5.41) is 11.5. The van der Waals surface area contributed by atoms with Gasteiger partial charge in [0.15, 0.2) is 5.13 Å². The lowest BCUT2D eigenvalue weighted by Gasteiger charge is -2.20. The fourth-order valence-electron chi connectivity index (χ4n) is 2.89. The molecule has 0 aliphatic heterocycles. The molecule has 8 heteroatoms. The average Bonchev–Trinajstić information content (AvgIpc) is 3.07. The number of hydrogen-bond donors (Lipinski definition) is 1. The summed E-state index contributed by atoms with van der Waals surface area (Å²) in [6.07, 6.45) is 0.829. The van der Waals surface area contributed by atoms with Gasteiger partial charge in [-0.2, -0.15) is 0 Å². The summed E-state index contributed by atoms with van der Waals surface area (Å²) in [7, 11) is 4.14. The fraction of sp³-hybridized carbons (Fsp3) is 0.300. The summed E-state index contributed by atoms with van der Waals surface area (Å²) >= 11 is 1.49. The number of amides is 1. The minimum absolute atomic E-state index is 0.0326. The number of nitrogens with zero attached hydrogens (tertiary/aromatic N) is 3. The van der Waals surface area contributed by atoms with Crippen molar-refractivity contribution in [3.63, 3.8) is 0 Å². The van der Waals surface area contributed by atoms with Crippen molar-refractivity contribution in [2.24, 2.45) is 0 Å². The number of anilines is 1. The standard InChI is InChI=1S/C20H22N4O3S/c1-14-5-10-17-18(13-14)28-20(21-17)23(12-4-11-22(2)3)19(25)15-6-8-16(9-7-15)24(26)27/h5-10,13H,4,11-12H2,1-3H3/p+1. The number of nitro groups is 1. The lowest BCUT2D eigenvalue weighted by atomic mass is 10.2. The quantitative estimate of drug-likeness (QED) is 0.489. The van der Waals surface area contributed by atoms with E-state index in [2.05, 4.69) is 25.1 Å². The van der Waals surface area contributed by atoms with E-state index in [1.807, 2.05) is 19.1 Å². The Morgan fingerprint density at radius 2 is 1.93 bits per heavy atom. The first kappa shape index (κ1) is 19.9. The van der Waals surface area contributed by atoms with Crippen LogP contribution < -0.4 is 9.80 Å². The molecule has 1 amide bonds. The zero-order valence-corrected chi connectivity index (χ0v) is 17.0. The molecule has 0 bridgehead atoms. The molecule has 0 unspecified atom stereocenters. The lowest BCUT2D eigenvalue weighted by molar-refractivity contribution is -0.858. The highest BCUT2D eigenvalue weighted by molar-refractivity contribution is 7.22. The van der Waals surface area contributed by atoms with Gasteiger partial charge in [0, 0.05) is 30.7 Å². The largest absolute Gasteiger partial charge is 0.340 e. The van der Waals surface area contributed by atoms with Crippen LogP contribution >= 0.6 is 11.3 Å². The predicted molar refractivity (Wildman–Crippen MR) is 111 cm³/mol. The summed E-state index contributed by atoms with van der Waals surface area (Å²) in [6, 6.07) is 11.8. The average molecular weight is 399 g/mol. The molecular weight excluding hydrogens is 376 g/mol. The van der Waals surface area contributed by atoms with Crippen molar-refractivity contribution in [2.75, 3.05) is 32.1 Å². The fourth-order valence-corrected chi connectivity index (χ4v) is 3.98. The number of non-ortho nitro benzene ring substituents is 1. The smallest absolute Gasteiger partial charge is 0.269 e. The molecule has 7 nitrogen and oxygen atoms in total. The van der Waals surface area contributed by atoms with Crippen molar-refractivity contribution in [2.45, 2.75) is 13.3 Å². The highest BCUT2D eigenvalue weighted by Crippen LogP contribution is 2.30. The molecule has 0 spiro atoms. The van der Waals surface area contributed by atoms with Crippen molar-refractivity contribution in [1.82, 2.24) is 4.98 Å². The molecule has 0 fully saturated rings. The number of carbonyl (C=O) groups is 1. The van der Waals surface area contributed by atoms with Crippen LogP contribution in [-0.4, -0.2) is 43.0 Å². The lowest BCUT2D eigenvalue weighted by Crippen LogP contribution is -3.05. The van der Waals surface area contributed by atoms with Gasteiger partial charge in [0.1, 0.15) is 0 Å². The third-order valence-electron chi connectivity index (χ3n) is 4.39. The van der Waals surface area contributed by atoms with Crippen LogP contribution in [0.15, 0.2) is 42.5 Å². The molecule has 2 aromatic carbocycles. The van der Waals surface area contributed by atoms with Gasteiger partial charge in [0.2, 0.25) is 0 Å². The van der Waals surface area contributed by atoms with Gasteiger partial charge in [-0.3, -0.25) is 19.8 Å². The van der Waals surface area contributed by atoms with Gasteiger partial charge >= 0.3 is 0 Å². The Bertz CT molecular complexity index is 998. The third-order valence-corrected chi connectivity index (χ3v) is 5.43. The Balaban J connectivity index is 1.92. The van der Waals surface area contributed by atoms with E-state index in [0.29, 0.717) is 17.2 Å². The van der Waals surface area contributed by atoms with E-state index in [1.54, 1.807) is 4.90 Å². The molecule has 0 aliphatic rings. The number of carbonyl (C=O) groups excluding carboxylic acids is 1. The van der Waals surface area contributed by atoms with E-state index >= 15 is 0 Å². The van der Waals surface area contributed by atoms with Gasteiger partial charge in [0.25, 0.3) is 11.6 Å². The first-order chi connectivity index (χ1) is 13.3. The Labute approximate surface area is 167 Å². The van der Waals surface area contributed by atoms with Gasteiger partial charge in [-0.25, -0.2) is 4.98 Å². The maximum atomic E-state index is 13.2. The van der Waals surface area contributed by atoms with Crippen LogP contribution in [0.2, 0.25) is 0 Å². The molecule has 3 rings (SSSR count). The molecule has 3 aromatic rings. The Kier molecular flexibility index (Phi) is 6.01. The number of thiazole rings is 1. The number of aromatic nitrogens is 1. The monoisotopic (exact) mass is 399 g/mol. The Morgan fingerprint density at radius 1 is 1.21 bits per heavy atom. The highest BCUT2D eigenvalue weighted by atomic mass is 32.1. The van der Waals surface area contributed by atoms with Crippen LogP contribution in [0.4, 0.5) is 10.8 Å². The zero-order valence-electron chi connectivity index (χ0n) is 16.1. The summed E-state index contributed by atoms with van der Waals surface area (Å²) < 4.78 is 1.04. The highest BCUT2D eigenvalue weighted by Gasteiger charge is 2.22. The Morgan fingerprint density at radius 3 is 2.57 bits per heavy atom. The Hall–Kier alpha value is -2.84. The second kappa shape index (κ2) is 8.45. The second-order valence-corrected chi connectivity index (χ2v) is 8.05. The van der Waals surface area contributed by atoms with E-state index in [-0.39, 0.29) is 11.6 Å². The molecule has 0 radical (unpaired) electrons. The summed E-state index contributed by atoms with van der Waals surface area (Å²) in [6.45, 7) is 3.49. The molecule has 146 valence electrons. The molecule has 1 heterocycles. The summed E-state index contributed by atoms with van der Waals surface area (Å²) in [5.74, 6) is -0.195. The number of aryl methyl sites for hydroxylation is 1. The molecule has 1 aromatic heterocycles. The number of hydrogen-bond acceptors (Lipinski definition) is 5. The second-order valence-electron chi connectivity index (χ2n) is 7.04. The number of quaternary nitrogens is 1. The van der Waals surface area contributed by atoms with Gasteiger partial charge in [-0.05, 0) is 36.8 Å². The van der Waals surface area contributed by atoms with Crippen LogP contribution in [0.25, 0.3) is 10.2 Å². The number of nitrogens with one attached hydrogen (secondary N) is 1. The predicted octanol–water partition coefficient (Wildman–Crippen LogP) is 2.69. The minimum atomic E-state index is -0.470. The summed E-state index contributed by atoms with van der Waals surface area (Å²) in [5.41, 5.74) is 2.39. The van der Waals surface area contributed by atoms with Crippen molar-refractivity contribution < 1.29 is 14.6 Å². The van der Waals surface area contributed by atoms with E-state index < -0.39 is 4.92 Å². The number of rotatable bonds is 7. The first-order valence-corrected chi connectivity index (χ1v) is 9.89. The van der Waals surface area contributed by atoms with E-state index in [4.69, 9.17) is 0 Å². The van der Waals surface area contributed by atoms with Crippen LogP contribution in [0, 0.1) is 17.0 Å². The zero-order chi connectivity index (χ0) is 20.3. The van der Waals surface area contributed by atoms with Crippen molar-refractivity contribution >= 4 is 38.3 Å². The van der Waals surface area contributed by atoms with Crippen molar-refractivity contribution in [1.29, 1.82) is 0 Å². The molecule has 0 aliphatic carbocycles. The molecule has 0 saturated heterocycles. The van der Waals surface area contributed by atoms with Gasteiger partial charge < -0.3 is 4.90 Å². The topological polar surface area (TPSA) is 80.8 Å². The van der Waals surface area contributed by atoms with E-state index in [1.165, 1.54) is 40.5 Å². The van der Waals surface area contributed by atoms with E-state index in [9.17, 15) is 14.9 Å². The molecule has 0 atom stereocenters. The molecule has 1 N–H and O–H groups in total. The maximum absolute atomic E-state index is 13.2. The normalized spacial score (nSPS) is 11.1. The van der Waals surface area contributed by atoms with Crippen molar-refractivity contribution in [3.05, 3.63) is 63.7 Å². The van der Waals surface area contributed by atoms with Gasteiger partial charge in [0.05, 0.1) is 35.8 Å². The molecule has 0 saturated carbocycles.